The summed E-state index contributed by atoms with van der Waals surface area (Å²) >= 11 is 3.54. The average Bonchev–Trinajstić information content (AvgIpc) is 2.44. The zero-order valence-corrected chi connectivity index (χ0v) is 13.2. The van der Waals surface area contributed by atoms with Gasteiger partial charge in [-0.1, -0.05) is 48.0 Å². The van der Waals surface area contributed by atoms with Crippen molar-refractivity contribution in [2.45, 2.75) is 31.5 Å². The molecule has 1 unspecified atom stereocenters. The smallest absolute Gasteiger partial charge is 0.126 e. The van der Waals surface area contributed by atoms with Crippen LogP contribution in [0.3, 0.4) is 0 Å². The summed E-state index contributed by atoms with van der Waals surface area (Å²) in [6, 6.07) is 9.84. The molecule has 0 saturated heterocycles. The van der Waals surface area contributed by atoms with E-state index in [-0.39, 0.29) is 4.83 Å². The third-order valence-corrected chi connectivity index (χ3v) is 4.52. The van der Waals surface area contributed by atoms with Crippen molar-refractivity contribution in [3.05, 3.63) is 70.3 Å². The highest BCUT2D eigenvalue weighted by atomic mass is 79.9. The van der Waals surface area contributed by atoms with Crippen LogP contribution in [-0.4, -0.2) is 0 Å². The van der Waals surface area contributed by atoms with E-state index in [1.165, 1.54) is 23.3 Å². The van der Waals surface area contributed by atoms with E-state index in [4.69, 9.17) is 0 Å². The summed E-state index contributed by atoms with van der Waals surface area (Å²) in [5.41, 5.74) is 4.21. The summed E-state index contributed by atoms with van der Waals surface area (Å²) in [6.07, 6.45) is 1.94. The Hall–Kier alpha value is -1.22. The predicted octanol–water partition coefficient (Wildman–Crippen LogP) is 5.57. The van der Waals surface area contributed by atoms with E-state index in [0.29, 0.717) is 5.56 Å². The van der Waals surface area contributed by atoms with Gasteiger partial charge in [-0.15, -0.1) is 0 Å². The lowest BCUT2D eigenvalue weighted by molar-refractivity contribution is 0.580. The van der Waals surface area contributed by atoms with Gasteiger partial charge in [-0.25, -0.2) is 8.78 Å². The van der Waals surface area contributed by atoms with Gasteiger partial charge in [0.25, 0.3) is 0 Å². The molecule has 0 aromatic heterocycles. The second kappa shape index (κ2) is 6.49. The fraction of sp³-hybridized carbons (Fsp3) is 0.294. The van der Waals surface area contributed by atoms with E-state index in [1.54, 1.807) is 0 Å². The van der Waals surface area contributed by atoms with Crippen LogP contribution >= 0.6 is 15.9 Å². The lowest BCUT2D eigenvalue weighted by atomic mass is 9.96. The minimum atomic E-state index is -0.551. The molecule has 0 N–H and O–H groups in total. The maximum atomic E-state index is 13.3. The monoisotopic (exact) mass is 338 g/mol. The molecule has 0 bridgehead atoms. The quantitative estimate of drug-likeness (QED) is 0.639. The number of rotatable bonds is 4. The van der Waals surface area contributed by atoms with Gasteiger partial charge in [0.2, 0.25) is 0 Å². The summed E-state index contributed by atoms with van der Waals surface area (Å²) in [6.45, 7) is 4.24. The van der Waals surface area contributed by atoms with Gasteiger partial charge in [0, 0.05) is 6.07 Å². The SMILES string of the molecule is CCc1ccc(C(Br)c2cc(F)cc(F)c2)cc1CC. The third-order valence-electron chi connectivity index (χ3n) is 3.46. The molecule has 0 aliphatic heterocycles. The van der Waals surface area contributed by atoms with Crippen LogP contribution < -0.4 is 0 Å². The summed E-state index contributed by atoms with van der Waals surface area (Å²) in [7, 11) is 0. The van der Waals surface area contributed by atoms with Gasteiger partial charge in [-0.3, -0.25) is 0 Å². The molecule has 0 saturated carbocycles. The van der Waals surface area contributed by atoms with Gasteiger partial charge >= 0.3 is 0 Å². The van der Waals surface area contributed by atoms with Crippen LogP contribution in [0.5, 0.6) is 0 Å². The lowest BCUT2D eigenvalue weighted by Crippen LogP contribution is -1.98. The number of halogens is 3. The molecule has 106 valence electrons. The van der Waals surface area contributed by atoms with Crippen LogP contribution in [0.2, 0.25) is 0 Å². The maximum absolute atomic E-state index is 13.3. The first kappa shape index (κ1) is 15.2. The predicted molar refractivity (Wildman–Crippen MR) is 82.3 cm³/mol. The van der Waals surface area contributed by atoms with Gasteiger partial charge in [-0.05, 0) is 47.2 Å². The van der Waals surface area contributed by atoms with E-state index in [9.17, 15) is 8.78 Å². The van der Waals surface area contributed by atoms with Crippen molar-refractivity contribution in [3.63, 3.8) is 0 Å². The summed E-state index contributed by atoms with van der Waals surface area (Å²) < 4.78 is 26.6. The Labute approximate surface area is 127 Å². The van der Waals surface area contributed by atoms with E-state index in [0.717, 1.165) is 24.5 Å². The highest BCUT2D eigenvalue weighted by Crippen LogP contribution is 2.32. The van der Waals surface area contributed by atoms with Crippen molar-refractivity contribution in [1.29, 1.82) is 0 Å². The zero-order chi connectivity index (χ0) is 14.7. The van der Waals surface area contributed by atoms with E-state index in [2.05, 4.69) is 41.9 Å². The van der Waals surface area contributed by atoms with Crippen molar-refractivity contribution < 1.29 is 8.78 Å². The molecule has 0 aliphatic carbocycles. The summed E-state index contributed by atoms with van der Waals surface area (Å²) in [5, 5.41) is 0. The topological polar surface area (TPSA) is 0 Å². The molecule has 2 aromatic rings. The number of benzene rings is 2. The average molecular weight is 339 g/mol. The fourth-order valence-electron chi connectivity index (χ4n) is 2.39. The van der Waals surface area contributed by atoms with Crippen molar-refractivity contribution in [2.75, 3.05) is 0 Å². The Balaban J connectivity index is 2.39. The van der Waals surface area contributed by atoms with Crippen LogP contribution in [-0.2, 0) is 12.8 Å². The highest BCUT2D eigenvalue weighted by molar-refractivity contribution is 9.09. The Morgan fingerprint density at radius 2 is 1.45 bits per heavy atom. The summed E-state index contributed by atoms with van der Waals surface area (Å²) in [5.74, 6) is -1.10. The number of hydrogen-bond donors (Lipinski definition) is 0. The molecule has 2 aromatic carbocycles. The molecule has 3 heteroatoms. The van der Waals surface area contributed by atoms with Gasteiger partial charge < -0.3 is 0 Å². The molecule has 0 radical (unpaired) electrons. The van der Waals surface area contributed by atoms with Crippen molar-refractivity contribution in [1.82, 2.24) is 0 Å². The zero-order valence-electron chi connectivity index (χ0n) is 11.6. The van der Waals surface area contributed by atoms with Gasteiger partial charge in [0.05, 0.1) is 4.83 Å². The van der Waals surface area contributed by atoms with Crippen molar-refractivity contribution >= 4 is 15.9 Å². The minimum Gasteiger partial charge on any atom is -0.207 e. The second-order valence-corrected chi connectivity index (χ2v) is 5.72. The molecule has 20 heavy (non-hydrogen) atoms. The highest BCUT2D eigenvalue weighted by Gasteiger charge is 2.14. The lowest BCUT2D eigenvalue weighted by Gasteiger charge is -2.14. The number of alkyl halides is 1. The second-order valence-electron chi connectivity index (χ2n) is 4.80. The van der Waals surface area contributed by atoms with Crippen LogP contribution in [0.1, 0.15) is 40.9 Å². The molecule has 0 amide bonds. The first-order valence-corrected chi connectivity index (χ1v) is 7.68. The van der Waals surface area contributed by atoms with Crippen LogP contribution in [0.25, 0.3) is 0 Å². The molecule has 0 spiro atoms. The molecular weight excluding hydrogens is 322 g/mol. The maximum Gasteiger partial charge on any atom is 0.126 e. The van der Waals surface area contributed by atoms with E-state index < -0.39 is 11.6 Å². The third kappa shape index (κ3) is 3.26. The number of hydrogen-bond acceptors (Lipinski definition) is 0. The van der Waals surface area contributed by atoms with E-state index >= 15 is 0 Å². The van der Waals surface area contributed by atoms with Gasteiger partial charge in [0.1, 0.15) is 11.6 Å². The normalized spacial score (nSPS) is 12.4. The van der Waals surface area contributed by atoms with Crippen LogP contribution in [0, 0.1) is 11.6 Å². The first-order valence-electron chi connectivity index (χ1n) is 6.76. The molecule has 0 nitrogen and oxygen atoms in total. The molecular formula is C17H17BrF2. The van der Waals surface area contributed by atoms with Gasteiger partial charge in [-0.2, -0.15) is 0 Å². The minimum absolute atomic E-state index is 0.205. The molecule has 2 rings (SSSR count). The molecule has 0 aliphatic rings. The van der Waals surface area contributed by atoms with Crippen molar-refractivity contribution in [2.24, 2.45) is 0 Å². The standard InChI is InChI=1S/C17H17BrF2/c1-3-11-5-6-13(7-12(11)4-2)17(18)14-8-15(19)10-16(20)9-14/h5-10,17H,3-4H2,1-2H3. The van der Waals surface area contributed by atoms with Crippen LogP contribution in [0.15, 0.2) is 36.4 Å². The largest absolute Gasteiger partial charge is 0.207 e. The molecule has 0 heterocycles. The van der Waals surface area contributed by atoms with Crippen LogP contribution in [0.4, 0.5) is 8.78 Å². The fourth-order valence-corrected chi connectivity index (χ4v) is 2.94. The molecule has 1 atom stereocenters. The Kier molecular flexibility index (Phi) is 4.92. The Morgan fingerprint density at radius 3 is 2.00 bits per heavy atom. The summed E-state index contributed by atoms with van der Waals surface area (Å²) in [4.78, 5) is -0.205. The van der Waals surface area contributed by atoms with Gasteiger partial charge in [0.15, 0.2) is 0 Å². The Bertz CT molecular complexity index is 588. The van der Waals surface area contributed by atoms with Crippen molar-refractivity contribution in [3.8, 4) is 0 Å². The molecule has 0 fully saturated rings. The van der Waals surface area contributed by atoms with E-state index in [1.807, 2.05) is 6.07 Å². The first-order chi connectivity index (χ1) is 9.55. The number of aryl methyl sites for hydroxylation is 2. The Morgan fingerprint density at radius 1 is 0.850 bits per heavy atom.